The highest BCUT2D eigenvalue weighted by Crippen LogP contribution is 2.33. The average Bonchev–Trinajstić information content (AvgIpc) is 3.26. The number of fused-ring (bicyclic) bond motifs is 1. The first-order valence-corrected chi connectivity index (χ1v) is 11.6. The highest BCUT2D eigenvalue weighted by Gasteiger charge is 2.20. The number of carbonyl (C=O) groups is 1. The van der Waals surface area contributed by atoms with E-state index >= 15 is 0 Å². The van der Waals surface area contributed by atoms with Crippen molar-refractivity contribution in [1.29, 1.82) is 0 Å². The maximum atomic E-state index is 12.9. The molecule has 7 nitrogen and oxygen atoms in total. The number of nitrogens with one attached hydrogen (secondary N) is 2. The third-order valence-electron chi connectivity index (χ3n) is 5.25. The molecule has 4 rings (SSSR count). The van der Waals surface area contributed by atoms with Gasteiger partial charge in [0.05, 0.1) is 28.5 Å². The Hall–Kier alpha value is -3.46. The molecule has 1 amide bonds. The van der Waals surface area contributed by atoms with Crippen LogP contribution in [0.3, 0.4) is 0 Å². The van der Waals surface area contributed by atoms with Crippen LogP contribution in [0.25, 0.3) is 23.1 Å². The maximum absolute atomic E-state index is 12.9. The molecule has 2 aromatic heterocycles. The summed E-state index contributed by atoms with van der Waals surface area (Å²) in [5.41, 5.74) is 3.23. The van der Waals surface area contributed by atoms with Gasteiger partial charge in [-0.05, 0) is 61.5 Å². The summed E-state index contributed by atoms with van der Waals surface area (Å²) in [6.45, 7) is 1.84. The summed E-state index contributed by atoms with van der Waals surface area (Å²) in [5, 5.41) is 11.5. The van der Waals surface area contributed by atoms with E-state index in [1.165, 1.54) is 11.8 Å². The van der Waals surface area contributed by atoms with Gasteiger partial charge in [-0.2, -0.15) is 5.10 Å². The SMILES string of the molecule is COC(OC)C(C)NC(=O)c1ccccc1Sc1ccc2c(/C=C/c3ccccn3)n[nH]c2c1. The van der Waals surface area contributed by atoms with Crippen LogP contribution in [0.15, 0.2) is 76.7 Å². The normalized spacial score (nSPS) is 12.5. The van der Waals surface area contributed by atoms with Crippen LogP contribution < -0.4 is 5.32 Å². The summed E-state index contributed by atoms with van der Waals surface area (Å²) >= 11 is 1.52. The van der Waals surface area contributed by atoms with Crippen LogP contribution in [-0.4, -0.2) is 47.6 Å². The monoisotopic (exact) mass is 474 g/mol. The van der Waals surface area contributed by atoms with Crippen LogP contribution in [-0.2, 0) is 9.47 Å². The molecule has 174 valence electrons. The number of hydrogen-bond acceptors (Lipinski definition) is 6. The van der Waals surface area contributed by atoms with Crippen molar-refractivity contribution in [2.24, 2.45) is 0 Å². The lowest BCUT2D eigenvalue weighted by molar-refractivity contribution is -0.117. The van der Waals surface area contributed by atoms with Crippen LogP contribution in [0, 0.1) is 0 Å². The first-order chi connectivity index (χ1) is 16.6. The molecule has 0 aliphatic rings. The Balaban J connectivity index is 1.52. The van der Waals surface area contributed by atoms with Crippen LogP contribution in [0.2, 0.25) is 0 Å². The quantitative estimate of drug-likeness (QED) is 0.331. The molecular formula is C26H26N4O3S. The minimum atomic E-state index is -0.521. The van der Waals surface area contributed by atoms with Gasteiger partial charge in [0.15, 0.2) is 6.29 Å². The van der Waals surface area contributed by atoms with Crippen molar-refractivity contribution in [3.63, 3.8) is 0 Å². The molecule has 1 unspecified atom stereocenters. The topological polar surface area (TPSA) is 89.1 Å². The molecule has 1 atom stereocenters. The summed E-state index contributed by atoms with van der Waals surface area (Å²) in [5.74, 6) is -0.181. The zero-order valence-corrected chi connectivity index (χ0v) is 20.0. The van der Waals surface area contributed by atoms with Crippen molar-refractivity contribution in [3.8, 4) is 0 Å². The van der Waals surface area contributed by atoms with E-state index in [2.05, 4.69) is 20.5 Å². The number of nitrogens with zero attached hydrogens (tertiary/aromatic N) is 2. The highest BCUT2D eigenvalue weighted by molar-refractivity contribution is 7.99. The third-order valence-corrected chi connectivity index (χ3v) is 6.32. The lowest BCUT2D eigenvalue weighted by Gasteiger charge is -2.22. The first kappa shape index (κ1) is 23.7. The number of benzene rings is 2. The average molecular weight is 475 g/mol. The zero-order chi connectivity index (χ0) is 23.9. The van der Waals surface area contributed by atoms with Gasteiger partial charge in [0.1, 0.15) is 0 Å². The second kappa shape index (κ2) is 11.1. The molecule has 2 aromatic carbocycles. The van der Waals surface area contributed by atoms with E-state index in [4.69, 9.17) is 9.47 Å². The zero-order valence-electron chi connectivity index (χ0n) is 19.2. The van der Waals surface area contributed by atoms with Gasteiger partial charge in [0.25, 0.3) is 5.91 Å². The number of ether oxygens (including phenoxy) is 2. The predicted molar refractivity (Wildman–Crippen MR) is 135 cm³/mol. The van der Waals surface area contributed by atoms with Gasteiger partial charge in [-0.25, -0.2) is 0 Å². The molecule has 0 bridgehead atoms. The Kier molecular flexibility index (Phi) is 7.74. The van der Waals surface area contributed by atoms with Crippen molar-refractivity contribution < 1.29 is 14.3 Å². The minimum absolute atomic E-state index is 0.181. The molecule has 0 aliphatic heterocycles. The molecule has 0 spiro atoms. The lowest BCUT2D eigenvalue weighted by Crippen LogP contribution is -2.43. The van der Waals surface area contributed by atoms with E-state index in [9.17, 15) is 4.79 Å². The molecule has 0 saturated carbocycles. The van der Waals surface area contributed by atoms with Crippen molar-refractivity contribution in [2.45, 2.75) is 29.0 Å². The standard InChI is InChI=1S/C26H26N4O3S/c1-17(26(32-2)33-3)28-25(31)21-9-4-5-10-24(21)34-19-12-13-20-22(29-30-23(20)16-19)14-11-18-8-6-7-15-27-18/h4-17,26H,1-3H3,(H,28,31)(H,29,30)/b14-11+. The highest BCUT2D eigenvalue weighted by atomic mass is 32.2. The van der Waals surface area contributed by atoms with Crippen LogP contribution >= 0.6 is 11.8 Å². The maximum Gasteiger partial charge on any atom is 0.252 e. The van der Waals surface area contributed by atoms with Gasteiger partial charge < -0.3 is 14.8 Å². The fraction of sp³-hybridized carbons (Fsp3) is 0.192. The molecule has 8 heteroatoms. The lowest BCUT2D eigenvalue weighted by atomic mass is 10.2. The van der Waals surface area contributed by atoms with Crippen molar-refractivity contribution >= 4 is 40.7 Å². The van der Waals surface area contributed by atoms with Crippen molar-refractivity contribution in [1.82, 2.24) is 20.5 Å². The van der Waals surface area contributed by atoms with Gasteiger partial charge in [-0.15, -0.1) is 0 Å². The van der Waals surface area contributed by atoms with Gasteiger partial charge in [0.2, 0.25) is 0 Å². The number of carbonyl (C=O) groups excluding carboxylic acids is 1. The second-order valence-electron chi connectivity index (χ2n) is 7.60. The van der Waals surface area contributed by atoms with Crippen LogP contribution in [0.4, 0.5) is 0 Å². The van der Waals surface area contributed by atoms with E-state index in [0.29, 0.717) is 5.56 Å². The molecule has 4 aromatic rings. The summed E-state index contributed by atoms with van der Waals surface area (Å²) in [7, 11) is 3.10. The summed E-state index contributed by atoms with van der Waals surface area (Å²) in [6, 6.07) is 19.1. The number of pyridine rings is 1. The van der Waals surface area contributed by atoms with Crippen molar-refractivity contribution in [2.75, 3.05) is 14.2 Å². The number of amides is 1. The predicted octanol–water partition coefficient (Wildman–Crippen LogP) is 5.02. The Morgan fingerprint density at radius 3 is 2.62 bits per heavy atom. The molecule has 0 fully saturated rings. The number of aromatic nitrogens is 3. The molecule has 2 heterocycles. The molecule has 34 heavy (non-hydrogen) atoms. The van der Waals surface area contributed by atoms with E-state index in [-0.39, 0.29) is 11.9 Å². The second-order valence-corrected chi connectivity index (χ2v) is 8.72. The first-order valence-electron chi connectivity index (χ1n) is 10.8. The third kappa shape index (κ3) is 5.53. The molecule has 0 aliphatic carbocycles. The fourth-order valence-electron chi connectivity index (χ4n) is 3.58. The number of rotatable bonds is 9. The van der Waals surface area contributed by atoms with Crippen molar-refractivity contribution in [3.05, 3.63) is 83.8 Å². The van der Waals surface area contributed by atoms with Gasteiger partial charge in [0, 0.05) is 35.6 Å². The van der Waals surface area contributed by atoms with Gasteiger partial charge in [-0.3, -0.25) is 14.9 Å². The summed E-state index contributed by atoms with van der Waals surface area (Å²) < 4.78 is 10.5. The Labute approximate surface area is 202 Å². The van der Waals surface area contributed by atoms with E-state index in [1.807, 2.05) is 79.7 Å². The molecular weight excluding hydrogens is 448 g/mol. The van der Waals surface area contributed by atoms with Crippen LogP contribution in [0.1, 0.15) is 28.7 Å². The minimum Gasteiger partial charge on any atom is -0.354 e. The van der Waals surface area contributed by atoms with E-state index in [1.54, 1.807) is 20.4 Å². The smallest absolute Gasteiger partial charge is 0.252 e. The largest absolute Gasteiger partial charge is 0.354 e. The summed E-state index contributed by atoms with van der Waals surface area (Å²) in [4.78, 5) is 19.1. The number of H-pyrrole nitrogens is 1. The number of aromatic amines is 1. The number of hydrogen-bond donors (Lipinski definition) is 2. The Bertz CT molecular complexity index is 1290. The van der Waals surface area contributed by atoms with E-state index < -0.39 is 6.29 Å². The van der Waals surface area contributed by atoms with Gasteiger partial charge >= 0.3 is 0 Å². The summed E-state index contributed by atoms with van der Waals surface area (Å²) in [6.07, 6.45) is 5.12. The Morgan fingerprint density at radius 1 is 1.06 bits per heavy atom. The molecule has 0 saturated heterocycles. The molecule has 0 radical (unpaired) electrons. The Morgan fingerprint density at radius 2 is 1.85 bits per heavy atom. The fourth-order valence-corrected chi connectivity index (χ4v) is 4.56. The molecule has 2 N–H and O–H groups in total. The van der Waals surface area contributed by atoms with Crippen LogP contribution in [0.5, 0.6) is 0 Å². The van der Waals surface area contributed by atoms with Gasteiger partial charge in [-0.1, -0.05) is 30.0 Å². The number of methoxy groups -OCH3 is 2. The van der Waals surface area contributed by atoms with E-state index in [0.717, 1.165) is 32.1 Å².